The van der Waals surface area contributed by atoms with Crippen molar-refractivity contribution in [2.75, 3.05) is 7.11 Å². The molecule has 8 aromatic rings. The molecule has 0 amide bonds. The van der Waals surface area contributed by atoms with Gasteiger partial charge in [-0.05, 0) is 79.5 Å². The van der Waals surface area contributed by atoms with Crippen LogP contribution in [0.25, 0.3) is 65.3 Å². The Balaban J connectivity index is 0.000000159. The highest BCUT2D eigenvalue weighted by molar-refractivity contribution is 9.69. The Morgan fingerprint density at radius 1 is 0.510 bits per heavy atom. The maximum atomic E-state index is 14.5. The Bertz CT molecular complexity index is 2550. The van der Waals surface area contributed by atoms with Crippen LogP contribution in [0.2, 0.25) is 10.0 Å². The highest BCUT2D eigenvalue weighted by Gasteiger charge is 2.16. The van der Waals surface area contributed by atoms with Crippen LogP contribution in [0, 0.1) is 11.6 Å². The van der Waals surface area contributed by atoms with Crippen LogP contribution >= 0.6 is 70.5 Å². The third kappa shape index (κ3) is 8.06. The molecule has 2 nitrogen and oxygen atoms in total. The Kier molecular flexibility index (Phi) is 11.9. The molecule has 0 saturated heterocycles. The van der Waals surface area contributed by atoms with Crippen molar-refractivity contribution in [2.45, 2.75) is 0 Å². The van der Waals surface area contributed by atoms with Gasteiger partial charge in [0.1, 0.15) is 23.1 Å². The van der Waals surface area contributed by atoms with E-state index in [9.17, 15) is 13.9 Å². The van der Waals surface area contributed by atoms with Gasteiger partial charge >= 0.3 is 3.18 Å². The zero-order valence-electron chi connectivity index (χ0n) is 26.8. The summed E-state index contributed by atoms with van der Waals surface area (Å²) in [4.78, 5) is 0. The van der Waals surface area contributed by atoms with E-state index in [2.05, 4.69) is 65.5 Å². The summed E-state index contributed by atoms with van der Waals surface area (Å²) < 4.78 is 34.6. The van der Waals surface area contributed by atoms with Gasteiger partial charge in [0.05, 0.1) is 17.2 Å². The molecular weight excluding hydrogens is 884 g/mol. The fourth-order valence-corrected chi connectivity index (χ4v) is 6.45. The Morgan fingerprint density at radius 2 is 0.941 bits per heavy atom. The summed E-state index contributed by atoms with van der Waals surface area (Å²) >= 11 is 21.1. The summed E-state index contributed by atoms with van der Waals surface area (Å²) in [5.74, 6) is -0.294. The Morgan fingerprint density at radius 3 is 1.45 bits per heavy atom. The van der Waals surface area contributed by atoms with Crippen molar-refractivity contribution in [1.29, 1.82) is 0 Å². The van der Waals surface area contributed by atoms with Crippen molar-refractivity contribution >= 4 is 117 Å². The largest absolute Gasteiger partial charge is 0.507 e. The number of ether oxygens (including phenoxy) is 1. The molecule has 0 aliphatic rings. The number of hydrogen-bond acceptors (Lipinski definition) is 2. The van der Waals surface area contributed by atoms with Crippen molar-refractivity contribution in [3.8, 4) is 33.8 Å². The number of rotatable bonds is 3. The lowest BCUT2D eigenvalue weighted by atomic mass is 9.96. The van der Waals surface area contributed by atoms with Crippen LogP contribution in [-0.2, 0) is 0 Å². The minimum absolute atomic E-state index is 0.0371. The molecule has 10 heteroatoms. The normalized spacial score (nSPS) is 10.8. The number of halogens is 7. The van der Waals surface area contributed by atoms with Crippen LogP contribution in [0.3, 0.4) is 0 Å². The lowest BCUT2D eigenvalue weighted by Crippen LogP contribution is -1.92. The number of fused-ring (bicyclic) bond motifs is 6. The second kappa shape index (κ2) is 16.3. The first-order valence-corrected chi connectivity index (χ1v) is 19.0. The molecule has 8 aromatic carbocycles. The van der Waals surface area contributed by atoms with E-state index < -0.39 is 11.6 Å². The lowest BCUT2D eigenvalue weighted by Gasteiger charge is -2.13. The number of phenolic OH excluding ortho intramolecular Hbond substituents is 1. The van der Waals surface area contributed by atoms with E-state index in [4.69, 9.17) is 27.9 Å². The van der Waals surface area contributed by atoms with E-state index in [1.807, 2.05) is 66.7 Å². The molecule has 0 saturated carbocycles. The molecule has 1 N–H and O–H groups in total. The molecule has 0 fully saturated rings. The summed E-state index contributed by atoms with van der Waals surface area (Å²) in [5, 5.41) is 19.0. The van der Waals surface area contributed by atoms with E-state index in [-0.39, 0.29) is 19.0 Å². The summed E-state index contributed by atoms with van der Waals surface area (Å²) in [5.41, 5.74) is 1.87. The topological polar surface area (TPSA) is 29.5 Å². The predicted octanol–water partition coefficient (Wildman–Crippen LogP) is 14.8. The summed E-state index contributed by atoms with van der Waals surface area (Å²) in [6.45, 7) is 0. The second-order valence-corrected chi connectivity index (χ2v) is 18.6. The zero-order chi connectivity index (χ0) is 36.2. The minimum atomic E-state index is -0.524. The number of aromatic hydroxyl groups is 1. The van der Waals surface area contributed by atoms with Crippen molar-refractivity contribution in [2.24, 2.45) is 0 Å². The number of phenols is 1. The molecule has 0 spiro atoms. The van der Waals surface area contributed by atoms with Crippen molar-refractivity contribution < 1.29 is 18.6 Å². The predicted molar refractivity (Wildman–Crippen MR) is 224 cm³/mol. The standard InChI is InChI=1S/C21H14ClFO.C20H12ClFO.BBr3/c1-24-20-12-17-14(10-9-13-5-2-3-6-15(13)17)11-18(20)16-7-4-8-19(22)21(16)23;21-18-7-3-6-15(20(18)22)17-10-13-9-8-12-4-1-2-5-14(12)16(13)11-19(17)23;2-1(3)4/h2-12H,1H3;1-11,23H;. The van der Waals surface area contributed by atoms with Crippen molar-refractivity contribution in [3.05, 3.63) is 155 Å². The smallest absolute Gasteiger partial charge is 0.369 e. The Labute approximate surface area is 329 Å². The number of benzene rings is 8. The first-order valence-electron chi connectivity index (χ1n) is 15.5. The van der Waals surface area contributed by atoms with Crippen molar-refractivity contribution in [3.63, 3.8) is 0 Å². The quantitative estimate of drug-likeness (QED) is 0.141. The van der Waals surface area contributed by atoms with Gasteiger partial charge in [0.25, 0.3) is 0 Å². The van der Waals surface area contributed by atoms with Crippen LogP contribution in [0.15, 0.2) is 133 Å². The van der Waals surface area contributed by atoms with E-state index in [1.165, 1.54) is 6.07 Å². The van der Waals surface area contributed by atoms with Gasteiger partial charge in [-0.3, -0.25) is 0 Å². The molecule has 0 aliphatic heterocycles. The van der Waals surface area contributed by atoms with Crippen LogP contribution in [-0.4, -0.2) is 15.4 Å². The molecule has 0 aliphatic carbocycles. The molecule has 0 bridgehead atoms. The maximum Gasteiger partial charge on any atom is 0.369 e. The summed E-state index contributed by atoms with van der Waals surface area (Å²) in [6, 6.07) is 41.4. The van der Waals surface area contributed by atoms with Gasteiger partial charge in [-0.1, -0.05) is 120 Å². The van der Waals surface area contributed by atoms with Gasteiger partial charge in [-0.2, -0.15) is 0 Å². The first-order chi connectivity index (χ1) is 24.6. The highest BCUT2D eigenvalue weighted by atomic mass is 79.9. The molecule has 0 unspecified atom stereocenters. The molecule has 0 aromatic heterocycles. The van der Waals surface area contributed by atoms with E-state index in [0.717, 1.165) is 43.1 Å². The van der Waals surface area contributed by atoms with E-state index in [1.54, 1.807) is 49.6 Å². The van der Waals surface area contributed by atoms with Crippen LogP contribution in [0.1, 0.15) is 0 Å². The van der Waals surface area contributed by atoms with Gasteiger partial charge in [-0.25, -0.2) is 8.78 Å². The third-order valence-corrected chi connectivity index (χ3v) is 8.99. The van der Waals surface area contributed by atoms with Gasteiger partial charge in [0.2, 0.25) is 0 Å². The molecule has 254 valence electrons. The third-order valence-electron chi connectivity index (χ3n) is 8.41. The molecule has 0 heterocycles. The minimum Gasteiger partial charge on any atom is -0.507 e. The summed E-state index contributed by atoms with van der Waals surface area (Å²) in [7, 11) is 1.60. The highest BCUT2D eigenvalue weighted by Crippen LogP contribution is 2.40. The second-order valence-electron chi connectivity index (χ2n) is 11.4. The molecule has 0 radical (unpaired) electrons. The summed E-state index contributed by atoms with van der Waals surface area (Å²) in [6.07, 6.45) is 0. The SMILES string of the molecule is BrB(Br)Br.COc1cc2c(ccc3ccccc32)cc1-c1cccc(Cl)c1F.Oc1cc2c(ccc3ccccc32)cc1-c1cccc(Cl)c1F. The van der Waals surface area contributed by atoms with Crippen LogP contribution in [0.4, 0.5) is 8.78 Å². The average Bonchev–Trinajstić information content (AvgIpc) is 3.13. The zero-order valence-corrected chi connectivity index (χ0v) is 33.1. The van der Waals surface area contributed by atoms with Gasteiger partial charge in [0.15, 0.2) is 0 Å². The number of hydrogen-bond donors (Lipinski definition) is 1. The molecule has 0 atom stereocenters. The van der Waals surface area contributed by atoms with Crippen molar-refractivity contribution in [1.82, 2.24) is 0 Å². The average molecular weight is 910 g/mol. The molecule has 51 heavy (non-hydrogen) atoms. The lowest BCUT2D eigenvalue weighted by molar-refractivity contribution is 0.417. The van der Waals surface area contributed by atoms with E-state index >= 15 is 0 Å². The first kappa shape index (κ1) is 37.1. The van der Waals surface area contributed by atoms with Crippen LogP contribution in [0.5, 0.6) is 11.5 Å². The van der Waals surface area contributed by atoms with Gasteiger partial charge in [0, 0.05) is 22.3 Å². The Hall–Kier alpha value is -3.66. The fraction of sp³-hybridized carbons (Fsp3) is 0.0244. The van der Waals surface area contributed by atoms with Gasteiger partial charge < -0.3 is 9.84 Å². The molecular formula is C41H26BBr3Cl2F2O2. The monoisotopic (exact) mass is 906 g/mol. The van der Waals surface area contributed by atoms with Crippen LogP contribution < -0.4 is 4.74 Å². The fourth-order valence-electron chi connectivity index (χ4n) is 6.10. The number of methoxy groups -OCH3 is 1. The van der Waals surface area contributed by atoms with Gasteiger partial charge in [-0.15, -0.1) is 47.3 Å². The molecule has 8 rings (SSSR count). The maximum absolute atomic E-state index is 14.5. The van der Waals surface area contributed by atoms with E-state index in [0.29, 0.717) is 28.0 Å².